The molecule has 3 heteroatoms. The van der Waals surface area contributed by atoms with Gasteiger partial charge in [-0.15, -0.1) is 0 Å². The van der Waals surface area contributed by atoms with E-state index in [2.05, 4.69) is 0 Å². The Kier molecular flexibility index (Phi) is 2.85. The molecule has 0 spiro atoms. The third kappa shape index (κ3) is 2.20. The third-order valence-electron chi connectivity index (χ3n) is 3.40. The molecule has 0 bridgehead atoms. The van der Waals surface area contributed by atoms with Crippen LogP contribution >= 0.6 is 0 Å². The van der Waals surface area contributed by atoms with Crippen molar-refractivity contribution in [3.8, 4) is 5.75 Å². The molecule has 1 aliphatic heterocycles. The number of benzene rings is 1. The van der Waals surface area contributed by atoms with Crippen LogP contribution in [-0.2, 0) is 11.2 Å². The van der Waals surface area contributed by atoms with Gasteiger partial charge in [-0.25, -0.2) is 0 Å². The number of carbonyl (C=O) groups is 1. The van der Waals surface area contributed by atoms with Crippen molar-refractivity contribution in [2.24, 2.45) is 0 Å². The van der Waals surface area contributed by atoms with Crippen LogP contribution in [0, 0.1) is 0 Å². The molecule has 1 saturated heterocycles. The molecule has 0 N–H and O–H groups in total. The summed E-state index contributed by atoms with van der Waals surface area (Å²) < 4.78 is 11.3. The first-order valence-electron chi connectivity index (χ1n) is 6.27. The minimum Gasteiger partial charge on any atom is -0.465 e. The van der Waals surface area contributed by atoms with Gasteiger partial charge >= 0.3 is 0 Å². The standard InChI is InChI=1S/C14H16O3/c15-13-7-4-10-9-11(5-6-12(10)13)17-14-3-1-2-8-16-14/h5-6,9,14H,1-4,7-8H2. The SMILES string of the molecule is O=C1CCc2cc(OC3CCCCO3)ccc21. The Morgan fingerprint density at radius 1 is 1.24 bits per heavy atom. The molecule has 3 nitrogen and oxygen atoms in total. The van der Waals surface area contributed by atoms with Crippen LogP contribution in [0.2, 0.25) is 0 Å². The largest absolute Gasteiger partial charge is 0.465 e. The summed E-state index contributed by atoms with van der Waals surface area (Å²) in [5.41, 5.74) is 1.98. The van der Waals surface area contributed by atoms with Crippen molar-refractivity contribution in [3.05, 3.63) is 29.3 Å². The van der Waals surface area contributed by atoms with E-state index in [1.54, 1.807) is 0 Å². The zero-order valence-electron chi connectivity index (χ0n) is 9.78. The van der Waals surface area contributed by atoms with Gasteiger partial charge in [0.15, 0.2) is 12.1 Å². The van der Waals surface area contributed by atoms with Gasteiger partial charge in [-0.05, 0) is 43.0 Å². The van der Waals surface area contributed by atoms with Gasteiger partial charge in [0.1, 0.15) is 5.75 Å². The lowest BCUT2D eigenvalue weighted by Crippen LogP contribution is -2.25. The molecule has 0 saturated carbocycles. The lowest BCUT2D eigenvalue weighted by Gasteiger charge is -2.23. The fraction of sp³-hybridized carbons (Fsp3) is 0.500. The van der Waals surface area contributed by atoms with E-state index in [1.165, 1.54) is 0 Å². The van der Waals surface area contributed by atoms with Crippen molar-refractivity contribution in [2.45, 2.75) is 38.4 Å². The molecule has 0 radical (unpaired) electrons. The summed E-state index contributed by atoms with van der Waals surface area (Å²) in [6, 6.07) is 5.74. The number of ether oxygens (including phenoxy) is 2. The van der Waals surface area contributed by atoms with Crippen molar-refractivity contribution in [1.29, 1.82) is 0 Å². The summed E-state index contributed by atoms with van der Waals surface area (Å²) in [6.07, 6.45) is 4.61. The van der Waals surface area contributed by atoms with Crippen molar-refractivity contribution in [3.63, 3.8) is 0 Å². The highest BCUT2D eigenvalue weighted by atomic mass is 16.7. The van der Waals surface area contributed by atoms with Crippen molar-refractivity contribution in [1.82, 2.24) is 0 Å². The van der Waals surface area contributed by atoms with E-state index in [0.29, 0.717) is 6.42 Å². The lowest BCUT2D eigenvalue weighted by molar-refractivity contribution is -0.105. The van der Waals surface area contributed by atoms with E-state index in [0.717, 1.165) is 49.2 Å². The Balaban J connectivity index is 1.73. The number of fused-ring (bicyclic) bond motifs is 1. The van der Waals surface area contributed by atoms with Crippen LogP contribution in [0.15, 0.2) is 18.2 Å². The number of Topliss-reactive ketones (excluding diaryl/α,β-unsaturated/α-hetero) is 1. The predicted octanol–water partition coefficient (Wildman–Crippen LogP) is 2.72. The Morgan fingerprint density at radius 2 is 2.18 bits per heavy atom. The van der Waals surface area contributed by atoms with Gasteiger partial charge in [0.2, 0.25) is 0 Å². The van der Waals surface area contributed by atoms with Gasteiger partial charge in [0, 0.05) is 18.4 Å². The summed E-state index contributed by atoms with van der Waals surface area (Å²) in [5.74, 6) is 1.07. The van der Waals surface area contributed by atoms with Gasteiger partial charge in [-0.2, -0.15) is 0 Å². The summed E-state index contributed by atoms with van der Waals surface area (Å²) in [6.45, 7) is 0.786. The number of aryl methyl sites for hydroxylation is 1. The topological polar surface area (TPSA) is 35.5 Å². The second kappa shape index (κ2) is 4.49. The van der Waals surface area contributed by atoms with Crippen LogP contribution in [0.5, 0.6) is 5.75 Å². The van der Waals surface area contributed by atoms with Gasteiger partial charge in [-0.3, -0.25) is 4.79 Å². The molecule has 90 valence electrons. The first-order chi connectivity index (χ1) is 8.33. The quantitative estimate of drug-likeness (QED) is 0.786. The average Bonchev–Trinajstić information content (AvgIpc) is 2.72. The Bertz CT molecular complexity index is 433. The average molecular weight is 232 g/mol. The predicted molar refractivity (Wildman–Crippen MR) is 63.3 cm³/mol. The summed E-state index contributed by atoms with van der Waals surface area (Å²) >= 11 is 0. The van der Waals surface area contributed by atoms with Gasteiger partial charge in [0.25, 0.3) is 0 Å². The lowest BCUT2D eigenvalue weighted by atomic mass is 10.1. The Labute approximate surface area is 101 Å². The fourth-order valence-corrected chi connectivity index (χ4v) is 2.46. The molecule has 2 aliphatic rings. The van der Waals surface area contributed by atoms with E-state index >= 15 is 0 Å². The molecule has 0 aromatic heterocycles. The first kappa shape index (κ1) is 10.8. The maximum Gasteiger partial charge on any atom is 0.199 e. The monoisotopic (exact) mass is 232 g/mol. The third-order valence-corrected chi connectivity index (χ3v) is 3.40. The first-order valence-corrected chi connectivity index (χ1v) is 6.27. The van der Waals surface area contributed by atoms with Crippen LogP contribution in [-0.4, -0.2) is 18.7 Å². The molecule has 1 aliphatic carbocycles. The molecule has 1 fully saturated rings. The zero-order chi connectivity index (χ0) is 11.7. The van der Waals surface area contributed by atoms with E-state index in [1.807, 2.05) is 18.2 Å². The molecule has 1 atom stereocenters. The van der Waals surface area contributed by atoms with Crippen molar-refractivity contribution < 1.29 is 14.3 Å². The summed E-state index contributed by atoms with van der Waals surface area (Å²) in [7, 11) is 0. The number of hydrogen-bond acceptors (Lipinski definition) is 3. The van der Waals surface area contributed by atoms with Crippen molar-refractivity contribution in [2.75, 3.05) is 6.61 Å². The number of ketones is 1. The van der Waals surface area contributed by atoms with Crippen LogP contribution in [0.4, 0.5) is 0 Å². The molecule has 0 amide bonds. The van der Waals surface area contributed by atoms with E-state index in [4.69, 9.17) is 9.47 Å². The molecule has 1 unspecified atom stereocenters. The molecule has 3 rings (SSSR count). The van der Waals surface area contributed by atoms with Crippen LogP contribution < -0.4 is 4.74 Å². The fourth-order valence-electron chi connectivity index (χ4n) is 2.46. The van der Waals surface area contributed by atoms with Crippen molar-refractivity contribution >= 4 is 5.78 Å². The second-order valence-corrected chi connectivity index (χ2v) is 4.66. The second-order valence-electron chi connectivity index (χ2n) is 4.66. The zero-order valence-corrected chi connectivity index (χ0v) is 9.78. The van der Waals surface area contributed by atoms with Gasteiger partial charge in [0.05, 0.1) is 6.61 Å². The van der Waals surface area contributed by atoms with Gasteiger partial charge < -0.3 is 9.47 Å². The summed E-state index contributed by atoms with van der Waals surface area (Å²) in [5, 5.41) is 0. The van der Waals surface area contributed by atoms with Crippen LogP contribution in [0.25, 0.3) is 0 Å². The minimum absolute atomic E-state index is 0.112. The number of carbonyl (C=O) groups excluding carboxylic acids is 1. The van der Waals surface area contributed by atoms with Gasteiger partial charge in [-0.1, -0.05) is 0 Å². The Hall–Kier alpha value is -1.35. The number of rotatable bonds is 2. The molecular formula is C14H16O3. The molecule has 17 heavy (non-hydrogen) atoms. The highest BCUT2D eigenvalue weighted by Gasteiger charge is 2.21. The maximum atomic E-state index is 11.5. The van der Waals surface area contributed by atoms with E-state index in [9.17, 15) is 4.79 Å². The number of hydrogen-bond donors (Lipinski definition) is 0. The van der Waals surface area contributed by atoms with Crippen LogP contribution in [0.1, 0.15) is 41.6 Å². The summed E-state index contributed by atoms with van der Waals surface area (Å²) in [4.78, 5) is 11.5. The minimum atomic E-state index is -0.112. The molecule has 1 aromatic rings. The molecular weight excluding hydrogens is 216 g/mol. The highest BCUT2D eigenvalue weighted by Crippen LogP contribution is 2.27. The Morgan fingerprint density at radius 3 is 3.00 bits per heavy atom. The molecule has 1 aromatic carbocycles. The molecule has 1 heterocycles. The van der Waals surface area contributed by atoms with E-state index < -0.39 is 0 Å². The normalized spacial score (nSPS) is 23.5. The highest BCUT2D eigenvalue weighted by molar-refractivity contribution is 6.00. The maximum absolute atomic E-state index is 11.5. The smallest absolute Gasteiger partial charge is 0.199 e. The van der Waals surface area contributed by atoms with Crippen LogP contribution in [0.3, 0.4) is 0 Å². The van der Waals surface area contributed by atoms with E-state index in [-0.39, 0.29) is 12.1 Å².